The van der Waals surface area contributed by atoms with Crippen molar-refractivity contribution >= 4 is 17.4 Å². The number of hydrogen-bond donors (Lipinski definition) is 1. The smallest absolute Gasteiger partial charge is 0.338 e. The minimum Gasteiger partial charge on any atom is -0.465 e. The Morgan fingerprint density at radius 2 is 1.88 bits per heavy atom. The van der Waals surface area contributed by atoms with E-state index in [0.717, 1.165) is 19.2 Å². The van der Waals surface area contributed by atoms with Gasteiger partial charge >= 0.3 is 5.97 Å². The molecule has 1 aliphatic heterocycles. The van der Waals surface area contributed by atoms with Gasteiger partial charge in [0.25, 0.3) is 0 Å². The first-order valence-electron chi connectivity index (χ1n) is 7.57. The van der Waals surface area contributed by atoms with Gasteiger partial charge in [0.1, 0.15) is 11.6 Å². The lowest BCUT2D eigenvalue weighted by atomic mass is 9.81. The van der Waals surface area contributed by atoms with E-state index in [0.29, 0.717) is 5.56 Å². The van der Waals surface area contributed by atoms with Crippen molar-refractivity contribution in [2.75, 3.05) is 12.4 Å². The molecule has 25 heavy (non-hydrogen) atoms. The standard InChI is InChI=1S/C19H15F2NO3/c1-3-13-17(10-4-6-11(20)7-5-10)22-15-9-12(21)8-14(19(24)25-2)16(15)18(13)23/h3-9,13,17,22H,1H2,2H3/t13-,17-/m1/s1. The van der Waals surface area contributed by atoms with Crippen LogP contribution in [0.1, 0.15) is 32.3 Å². The number of nitrogens with one attached hydrogen (secondary N) is 1. The highest BCUT2D eigenvalue weighted by Crippen LogP contribution is 2.39. The number of hydrogen-bond acceptors (Lipinski definition) is 4. The van der Waals surface area contributed by atoms with Gasteiger partial charge in [-0.15, -0.1) is 6.58 Å². The first-order valence-corrected chi connectivity index (χ1v) is 7.57. The zero-order valence-electron chi connectivity index (χ0n) is 13.4. The number of carbonyl (C=O) groups is 2. The van der Waals surface area contributed by atoms with Gasteiger partial charge in [-0.25, -0.2) is 13.6 Å². The lowest BCUT2D eigenvalue weighted by molar-refractivity contribution is 0.0595. The molecule has 2 aromatic rings. The molecule has 0 aliphatic carbocycles. The molecule has 2 atom stereocenters. The quantitative estimate of drug-likeness (QED) is 0.678. The monoisotopic (exact) mass is 343 g/mol. The summed E-state index contributed by atoms with van der Waals surface area (Å²) in [5.74, 6) is -2.95. The van der Waals surface area contributed by atoms with Crippen LogP contribution in [-0.4, -0.2) is 18.9 Å². The van der Waals surface area contributed by atoms with Gasteiger partial charge in [-0.05, 0) is 29.8 Å². The van der Waals surface area contributed by atoms with E-state index >= 15 is 0 Å². The van der Waals surface area contributed by atoms with Crippen LogP contribution in [0.3, 0.4) is 0 Å². The van der Waals surface area contributed by atoms with Crippen molar-refractivity contribution in [2.24, 2.45) is 5.92 Å². The highest BCUT2D eigenvalue weighted by molar-refractivity contribution is 6.13. The van der Waals surface area contributed by atoms with Crippen molar-refractivity contribution in [2.45, 2.75) is 6.04 Å². The zero-order chi connectivity index (χ0) is 18.1. The summed E-state index contributed by atoms with van der Waals surface area (Å²) >= 11 is 0. The number of esters is 1. The molecule has 0 bridgehead atoms. The Kier molecular flexibility index (Phi) is 4.35. The summed E-state index contributed by atoms with van der Waals surface area (Å²) in [6.07, 6.45) is 1.46. The highest BCUT2D eigenvalue weighted by Gasteiger charge is 2.37. The van der Waals surface area contributed by atoms with Crippen LogP contribution in [0.5, 0.6) is 0 Å². The average molecular weight is 343 g/mol. The second-order valence-corrected chi connectivity index (χ2v) is 5.67. The van der Waals surface area contributed by atoms with Gasteiger partial charge in [0.05, 0.1) is 30.2 Å². The van der Waals surface area contributed by atoms with Crippen LogP contribution in [0.2, 0.25) is 0 Å². The molecule has 0 amide bonds. The first kappa shape index (κ1) is 16.8. The molecule has 0 fully saturated rings. The van der Waals surface area contributed by atoms with E-state index in [4.69, 9.17) is 0 Å². The molecule has 2 aromatic carbocycles. The van der Waals surface area contributed by atoms with Crippen LogP contribution in [0.4, 0.5) is 14.5 Å². The van der Waals surface area contributed by atoms with E-state index in [1.165, 1.54) is 18.2 Å². The van der Waals surface area contributed by atoms with E-state index in [1.54, 1.807) is 12.1 Å². The van der Waals surface area contributed by atoms with Gasteiger partial charge in [0.15, 0.2) is 5.78 Å². The molecule has 0 saturated carbocycles. The summed E-state index contributed by atoms with van der Waals surface area (Å²) in [6, 6.07) is 7.22. The Balaban J connectivity index is 2.14. The van der Waals surface area contributed by atoms with Crippen molar-refractivity contribution in [1.29, 1.82) is 0 Å². The van der Waals surface area contributed by atoms with Crippen LogP contribution in [0.25, 0.3) is 0 Å². The highest BCUT2D eigenvalue weighted by atomic mass is 19.1. The third kappa shape index (κ3) is 2.91. The zero-order valence-corrected chi connectivity index (χ0v) is 13.4. The van der Waals surface area contributed by atoms with Crippen LogP contribution < -0.4 is 5.32 Å². The lowest BCUT2D eigenvalue weighted by Crippen LogP contribution is -2.33. The molecule has 3 rings (SSSR count). The number of fused-ring (bicyclic) bond motifs is 1. The fourth-order valence-electron chi connectivity index (χ4n) is 3.04. The fraction of sp³-hybridized carbons (Fsp3) is 0.158. The second kappa shape index (κ2) is 6.47. The van der Waals surface area contributed by atoms with Crippen LogP contribution in [0.15, 0.2) is 49.1 Å². The second-order valence-electron chi connectivity index (χ2n) is 5.67. The van der Waals surface area contributed by atoms with Gasteiger partial charge in [0.2, 0.25) is 0 Å². The van der Waals surface area contributed by atoms with Gasteiger partial charge in [-0.3, -0.25) is 4.79 Å². The summed E-state index contributed by atoms with van der Waals surface area (Å²) in [5.41, 5.74) is 0.767. The molecule has 1 heterocycles. The fourth-order valence-corrected chi connectivity index (χ4v) is 3.04. The summed E-state index contributed by atoms with van der Waals surface area (Å²) in [7, 11) is 1.16. The molecule has 0 saturated heterocycles. The lowest BCUT2D eigenvalue weighted by Gasteiger charge is -2.33. The third-order valence-corrected chi connectivity index (χ3v) is 4.21. The molecule has 0 radical (unpaired) electrons. The van der Waals surface area contributed by atoms with Crippen LogP contribution in [0, 0.1) is 17.6 Å². The Morgan fingerprint density at radius 3 is 2.48 bits per heavy atom. The van der Waals surface area contributed by atoms with E-state index in [-0.39, 0.29) is 22.6 Å². The Labute approximate surface area is 143 Å². The number of benzene rings is 2. The molecule has 0 aromatic heterocycles. The van der Waals surface area contributed by atoms with Gasteiger partial charge in [-0.2, -0.15) is 0 Å². The number of rotatable bonds is 3. The molecule has 1 aliphatic rings. The topological polar surface area (TPSA) is 55.4 Å². The molecule has 4 nitrogen and oxygen atoms in total. The van der Waals surface area contributed by atoms with Crippen molar-refractivity contribution < 1.29 is 23.1 Å². The first-order chi connectivity index (χ1) is 12.0. The molecule has 0 unspecified atom stereocenters. The number of ketones is 1. The maximum absolute atomic E-state index is 13.9. The summed E-state index contributed by atoms with van der Waals surface area (Å²) < 4.78 is 31.7. The third-order valence-electron chi connectivity index (χ3n) is 4.21. The van der Waals surface area contributed by atoms with E-state index in [2.05, 4.69) is 16.6 Å². The SMILES string of the molecule is C=C[C@H]1C(=O)c2c(cc(F)cc2C(=O)OC)N[C@@H]1c1ccc(F)cc1. The normalized spacial score (nSPS) is 18.9. The summed E-state index contributed by atoms with van der Waals surface area (Å²) in [6.45, 7) is 3.69. The predicted molar refractivity (Wildman–Crippen MR) is 88.5 cm³/mol. The van der Waals surface area contributed by atoms with Gasteiger partial charge < -0.3 is 10.1 Å². The minimum absolute atomic E-state index is 0.0662. The average Bonchev–Trinajstić information content (AvgIpc) is 2.60. The van der Waals surface area contributed by atoms with Crippen molar-refractivity contribution in [3.63, 3.8) is 0 Å². The van der Waals surface area contributed by atoms with Gasteiger partial charge in [-0.1, -0.05) is 18.2 Å². The largest absolute Gasteiger partial charge is 0.465 e. The predicted octanol–water partition coefficient (Wildman–Crippen LogP) is 3.90. The minimum atomic E-state index is -0.797. The van der Waals surface area contributed by atoms with E-state index in [1.807, 2.05) is 0 Å². The Bertz CT molecular complexity index is 862. The Hall–Kier alpha value is -3.02. The van der Waals surface area contributed by atoms with E-state index in [9.17, 15) is 18.4 Å². The molecular weight excluding hydrogens is 328 g/mol. The van der Waals surface area contributed by atoms with Crippen molar-refractivity contribution in [3.05, 3.63) is 77.4 Å². The number of anilines is 1. The Morgan fingerprint density at radius 1 is 1.20 bits per heavy atom. The molecule has 0 spiro atoms. The van der Waals surface area contributed by atoms with Crippen LogP contribution >= 0.6 is 0 Å². The summed E-state index contributed by atoms with van der Waals surface area (Å²) in [4.78, 5) is 24.9. The number of methoxy groups -OCH3 is 1. The maximum Gasteiger partial charge on any atom is 0.338 e. The van der Waals surface area contributed by atoms with Crippen LogP contribution in [-0.2, 0) is 4.74 Å². The van der Waals surface area contributed by atoms with Crippen molar-refractivity contribution in [1.82, 2.24) is 0 Å². The van der Waals surface area contributed by atoms with E-state index < -0.39 is 29.6 Å². The van der Waals surface area contributed by atoms with Gasteiger partial charge in [0, 0.05) is 5.69 Å². The number of Topliss-reactive ketones (excluding diaryl/α,β-unsaturated/α-hetero) is 1. The molecular formula is C19H15F2NO3. The maximum atomic E-state index is 13.9. The number of carbonyl (C=O) groups excluding carboxylic acids is 2. The molecule has 128 valence electrons. The van der Waals surface area contributed by atoms with Crippen molar-refractivity contribution in [3.8, 4) is 0 Å². The molecule has 6 heteroatoms. The number of halogens is 2. The summed E-state index contributed by atoms with van der Waals surface area (Å²) in [5, 5.41) is 3.06. The molecule has 1 N–H and O–H groups in total. The number of ether oxygens (including phenoxy) is 1.